The van der Waals surface area contributed by atoms with Gasteiger partial charge in [-0.2, -0.15) is 0 Å². The van der Waals surface area contributed by atoms with Crippen LogP contribution in [0.2, 0.25) is 0 Å². The number of methoxy groups -OCH3 is 1. The number of hydrogen-bond acceptors (Lipinski definition) is 2. The highest BCUT2D eigenvalue weighted by molar-refractivity contribution is 6.18. The van der Waals surface area contributed by atoms with Crippen LogP contribution in [0.1, 0.15) is 18.4 Å². The standard InChI is InChI=1S/C14H16ClFO2/c1-17-9-4-10-18-14-7-6-13(16)11-12(14)5-2-3-8-15/h6-7,11H,3-4,8-10H2,1H3. The Kier molecular flexibility index (Phi) is 7.24. The molecule has 2 nitrogen and oxygen atoms in total. The monoisotopic (exact) mass is 270 g/mol. The number of ether oxygens (including phenoxy) is 2. The molecule has 0 saturated carbocycles. The SMILES string of the molecule is COCCCOc1ccc(F)cc1C#CCCCl. The summed E-state index contributed by atoms with van der Waals surface area (Å²) in [5, 5.41) is 0. The Morgan fingerprint density at radius 1 is 1.33 bits per heavy atom. The van der Waals surface area contributed by atoms with Crippen LogP contribution in [0.25, 0.3) is 0 Å². The van der Waals surface area contributed by atoms with Crippen molar-refractivity contribution in [1.82, 2.24) is 0 Å². The first-order valence-corrected chi connectivity index (χ1v) is 6.27. The predicted molar refractivity (Wildman–Crippen MR) is 70.6 cm³/mol. The van der Waals surface area contributed by atoms with Crippen LogP contribution in [-0.4, -0.2) is 26.2 Å². The second-order valence-electron chi connectivity index (χ2n) is 3.58. The fourth-order valence-corrected chi connectivity index (χ4v) is 1.41. The van der Waals surface area contributed by atoms with Crippen molar-refractivity contribution in [2.24, 2.45) is 0 Å². The van der Waals surface area contributed by atoms with Crippen molar-refractivity contribution in [2.45, 2.75) is 12.8 Å². The third-order valence-corrected chi connectivity index (χ3v) is 2.32. The average Bonchev–Trinajstić information content (AvgIpc) is 2.37. The molecular formula is C14H16ClFO2. The summed E-state index contributed by atoms with van der Waals surface area (Å²) in [6.07, 6.45) is 1.35. The smallest absolute Gasteiger partial charge is 0.135 e. The Morgan fingerprint density at radius 3 is 2.89 bits per heavy atom. The van der Waals surface area contributed by atoms with Crippen LogP contribution in [0.3, 0.4) is 0 Å². The van der Waals surface area contributed by atoms with Crippen molar-refractivity contribution in [3.8, 4) is 17.6 Å². The summed E-state index contributed by atoms with van der Waals surface area (Å²) in [6, 6.07) is 4.32. The van der Waals surface area contributed by atoms with Gasteiger partial charge < -0.3 is 9.47 Å². The van der Waals surface area contributed by atoms with Crippen molar-refractivity contribution in [3.63, 3.8) is 0 Å². The summed E-state index contributed by atoms with van der Waals surface area (Å²) in [5.74, 6) is 6.46. The van der Waals surface area contributed by atoms with Gasteiger partial charge in [-0.3, -0.25) is 0 Å². The Morgan fingerprint density at radius 2 is 2.17 bits per heavy atom. The molecule has 0 aliphatic heterocycles. The Labute approximate surface area is 112 Å². The molecule has 1 rings (SSSR count). The van der Waals surface area contributed by atoms with E-state index in [4.69, 9.17) is 21.1 Å². The van der Waals surface area contributed by atoms with Crippen molar-refractivity contribution in [2.75, 3.05) is 26.2 Å². The number of hydrogen-bond donors (Lipinski definition) is 0. The van der Waals surface area contributed by atoms with Crippen LogP contribution >= 0.6 is 11.6 Å². The normalized spacial score (nSPS) is 9.72. The number of benzene rings is 1. The van der Waals surface area contributed by atoms with Gasteiger partial charge in [0.1, 0.15) is 11.6 Å². The molecule has 18 heavy (non-hydrogen) atoms. The number of alkyl halides is 1. The van der Waals surface area contributed by atoms with Gasteiger partial charge in [-0.1, -0.05) is 11.8 Å². The lowest BCUT2D eigenvalue weighted by molar-refractivity contribution is 0.172. The highest BCUT2D eigenvalue weighted by Crippen LogP contribution is 2.19. The topological polar surface area (TPSA) is 18.5 Å². The van der Waals surface area contributed by atoms with E-state index in [2.05, 4.69) is 11.8 Å². The largest absolute Gasteiger partial charge is 0.492 e. The zero-order valence-corrected chi connectivity index (χ0v) is 11.1. The van der Waals surface area contributed by atoms with Gasteiger partial charge in [0.05, 0.1) is 12.2 Å². The molecule has 4 heteroatoms. The molecule has 0 aliphatic rings. The van der Waals surface area contributed by atoms with Gasteiger partial charge in [-0.15, -0.1) is 11.6 Å². The van der Waals surface area contributed by atoms with Crippen molar-refractivity contribution in [1.29, 1.82) is 0 Å². The number of rotatable bonds is 6. The summed E-state index contributed by atoms with van der Waals surface area (Å²) < 4.78 is 23.6. The van der Waals surface area contributed by atoms with Gasteiger partial charge in [0.2, 0.25) is 0 Å². The first-order valence-electron chi connectivity index (χ1n) is 5.74. The molecule has 0 unspecified atom stereocenters. The summed E-state index contributed by atoms with van der Waals surface area (Å²) in [4.78, 5) is 0. The molecule has 98 valence electrons. The molecule has 0 heterocycles. The highest BCUT2D eigenvalue weighted by Gasteiger charge is 2.03. The second-order valence-corrected chi connectivity index (χ2v) is 3.95. The van der Waals surface area contributed by atoms with Crippen LogP contribution in [-0.2, 0) is 4.74 Å². The molecular weight excluding hydrogens is 255 g/mol. The van der Waals surface area contributed by atoms with E-state index in [1.165, 1.54) is 12.1 Å². The summed E-state index contributed by atoms with van der Waals surface area (Å²) >= 11 is 5.54. The van der Waals surface area contributed by atoms with E-state index in [1.54, 1.807) is 13.2 Å². The molecule has 0 radical (unpaired) electrons. The molecule has 0 spiro atoms. The quantitative estimate of drug-likeness (QED) is 0.449. The third kappa shape index (κ3) is 5.39. The van der Waals surface area contributed by atoms with Crippen LogP contribution in [0, 0.1) is 17.7 Å². The lowest BCUT2D eigenvalue weighted by atomic mass is 10.2. The first-order chi connectivity index (χ1) is 8.77. The molecule has 0 fully saturated rings. The molecule has 0 aromatic heterocycles. The maximum atomic E-state index is 13.1. The molecule has 0 saturated heterocycles. The van der Waals surface area contributed by atoms with E-state index < -0.39 is 0 Å². The molecule has 0 N–H and O–H groups in total. The Balaban J connectivity index is 2.68. The fourth-order valence-electron chi connectivity index (χ4n) is 1.32. The highest BCUT2D eigenvalue weighted by atomic mass is 35.5. The van der Waals surface area contributed by atoms with Gasteiger partial charge in [-0.05, 0) is 18.2 Å². The van der Waals surface area contributed by atoms with Crippen molar-refractivity contribution >= 4 is 11.6 Å². The minimum Gasteiger partial charge on any atom is -0.492 e. The van der Waals surface area contributed by atoms with E-state index in [-0.39, 0.29) is 5.82 Å². The van der Waals surface area contributed by atoms with Crippen LogP contribution < -0.4 is 4.74 Å². The van der Waals surface area contributed by atoms with Crippen LogP contribution in [0.4, 0.5) is 4.39 Å². The summed E-state index contributed by atoms with van der Waals surface area (Å²) in [6.45, 7) is 1.15. The summed E-state index contributed by atoms with van der Waals surface area (Å²) in [7, 11) is 1.64. The zero-order valence-electron chi connectivity index (χ0n) is 10.3. The first kappa shape index (κ1) is 14.8. The van der Waals surface area contributed by atoms with E-state index in [0.29, 0.717) is 36.8 Å². The van der Waals surface area contributed by atoms with Gasteiger partial charge in [0, 0.05) is 32.4 Å². The predicted octanol–water partition coefficient (Wildman–Crippen LogP) is 3.22. The fraction of sp³-hybridized carbons (Fsp3) is 0.429. The molecule has 0 amide bonds. The van der Waals surface area contributed by atoms with E-state index >= 15 is 0 Å². The number of halogens is 2. The average molecular weight is 271 g/mol. The van der Waals surface area contributed by atoms with Crippen molar-refractivity contribution in [3.05, 3.63) is 29.6 Å². The minimum atomic E-state index is -0.325. The molecule has 0 aliphatic carbocycles. The lowest BCUT2D eigenvalue weighted by Crippen LogP contribution is -2.02. The molecule has 1 aromatic carbocycles. The summed E-state index contributed by atoms with van der Waals surface area (Å²) in [5.41, 5.74) is 0.553. The van der Waals surface area contributed by atoms with Crippen LogP contribution in [0.5, 0.6) is 5.75 Å². The lowest BCUT2D eigenvalue weighted by Gasteiger charge is -2.08. The maximum absolute atomic E-state index is 13.1. The Hall–Kier alpha value is -1.24. The minimum absolute atomic E-state index is 0.325. The molecule has 0 bridgehead atoms. The second kappa shape index (κ2) is 8.79. The maximum Gasteiger partial charge on any atom is 0.135 e. The molecule has 0 atom stereocenters. The third-order valence-electron chi connectivity index (χ3n) is 2.13. The van der Waals surface area contributed by atoms with E-state index in [1.807, 2.05) is 0 Å². The van der Waals surface area contributed by atoms with Gasteiger partial charge in [-0.25, -0.2) is 4.39 Å². The van der Waals surface area contributed by atoms with E-state index in [0.717, 1.165) is 6.42 Å². The van der Waals surface area contributed by atoms with Gasteiger partial charge >= 0.3 is 0 Å². The van der Waals surface area contributed by atoms with E-state index in [9.17, 15) is 4.39 Å². The molecule has 1 aromatic rings. The zero-order chi connectivity index (χ0) is 13.2. The van der Waals surface area contributed by atoms with Crippen LogP contribution in [0.15, 0.2) is 18.2 Å². The Bertz CT molecular complexity index is 424. The van der Waals surface area contributed by atoms with Gasteiger partial charge in [0.15, 0.2) is 0 Å². The van der Waals surface area contributed by atoms with Gasteiger partial charge in [0.25, 0.3) is 0 Å². The van der Waals surface area contributed by atoms with Crippen molar-refractivity contribution < 1.29 is 13.9 Å².